The molecule has 1 saturated heterocycles. The van der Waals surface area contributed by atoms with Crippen LogP contribution in [0.25, 0.3) is 0 Å². The van der Waals surface area contributed by atoms with Gasteiger partial charge in [0.2, 0.25) is 5.91 Å². The van der Waals surface area contributed by atoms with Crippen molar-refractivity contribution in [3.8, 4) is 0 Å². The van der Waals surface area contributed by atoms with Crippen LogP contribution in [-0.2, 0) is 28.9 Å². The number of amides is 1. The number of carbonyl (C=O) groups excluding carboxylic acids is 1. The Kier molecular flexibility index (Phi) is 4.17. The molecule has 3 rings (SSSR count). The fraction of sp³-hybridized carbons (Fsp3) is 0.706. The van der Waals surface area contributed by atoms with Gasteiger partial charge in [-0.3, -0.25) is 9.59 Å². The van der Waals surface area contributed by atoms with Crippen molar-refractivity contribution in [3.05, 3.63) is 17.0 Å². The van der Waals surface area contributed by atoms with Crippen LogP contribution in [-0.4, -0.2) is 40.1 Å². The van der Waals surface area contributed by atoms with Crippen molar-refractivity contribution in [2.45, 2.75) is 52.4 Å². The largest absolute Gasteiger partial charge is 0.481 e. The molecule has 1 aliphatic heterocycles. The smallest absolute Gasteiger partial charge is 0.311 e. The van der Waals surface area contributed by atoms with E-state index in [2.05, 4.69) is 5.16 Å². The summed E-state index contributed by atoms with van der Waals surface area (Å²) in [6.07, 6.45) is 4.24. The van der Waals surface area contributed by atoms with Crippen LogP contribution in [0.3, 0.4) is 0 Å². The summed E-state index contributed by atoms with van der Waals surface area (Å²) in [5.74, 6) is 0.113. The molecule has 0 unspecified atom stereocenters. The SMILES string of the molecule is CCc1noc(CC)c1CC(=O)N1C[C@@H]2CCC[C@@]2(C(=O)O)C1. The van der Waals surface area contributed by atoms with E-state index in [-0.39, 0.29) is 18.2 Å². The van der Waals surface area contributed by atoms with Crippen LogP contribution >= 0.6 is 0 Å². The minimum absolute atomic E-state index is 0.00683. The molecule has 6 heteroatoms. The van der Waals surface area contributed by atoms with Crippen LogP contribution in [0.15, 0.2) is 4.52 Å². The predicted octanol–water partition coefficient (Wildman–Crippen LogP) is 2.06. The van der Waals surface area contributed by atoms with Gasteiger partial charge in [0.05, 0.1) is 17.5 Å². The number of aliphatic carboxylic acids is 1. The van der Waals surface area contributed by atoms with E-state index in [4.69, 9.17) is 4.52 Å². The van der Waals surface area contributed by atoms with Gasteiger partial charge in [0.15, 0.2) is 0 Å². The molecular formula is C17H24N2O4. The topological polar surface area (TPSA) is 83.6 Å². The van der Waals surface area contributed by atoms with Crippen LogP contribution in [0.2, 0.25) is 0 Å². The first-order valence-corrected chi connectivity index (χ1v) is 8.49. The molecule has 1 aromatic rings. The number of carbonyl (C=O) groups is 2. The van der Waals surface area contributed by atoms with Gasteiger partial charge in [-0.25, -0.2) is 0 Å². The zero-order valence-corrected chi connectivity index (χ0v) is 13.8. The van der Waals surface area contributed by atoms with E-state index in [1.54, 1.807) is 4.90 Å². The van der Waals surface area contributed by atoms with Gasteiger partial charge in [0.25, 0.3) is 0 Å². The first-order valence-electron chi connectivity index (χ1n) is 8.49. The fourth-order valence-corrected chi connectivity index (χ4v) is 4.23. The zero-order chi connectivity index (χ0) is 16.6. The van der Waals surface area contributed by atoms with Gasteiger partial charge in [-0.2, -0.15) is 0 Å². The maximum absolute atomic E-state index is 12.7. The summed E-state index contributed by atoms with van der Waals surface area (Å²) in [5.41, 5.74) is 1.01. The molecule has 1 N–H and O–H groups in total. The van der Waals surface area contributed by atoms with Gasteiger partial charge in [-0.1, -0.05) is 25.4 Å². The molecule has 2 atom stereocenters. The number of carboxylic acid groups (broad SMARTS) is 1. The van der Waals surface area contributed by atoms with E-state index in [1.165, 1.54) is 0 Å². The molecule has 126 valence electrons. The third-order valence-electron chi connectivity index (χ3n) is 5.58. The molecule has 0 aromatic carbocycles. The summed E-state index contributed by atoms with van der Waals surface area (Å²) in [5, 5.41) is 13.7. The Morgan fingerprint density at radius 1 is 1.39 bits per heavy atom. The highest BCUT2D eigenvalue weighted by atomic mass is 16.5. The number of fused-ring (bicyclic) bond motifs is 1. The lowest BCUT2D eigenvalue weighted by Crippen LogP contribution is -2.37. The van der Waals surface area contributed by atoms with E-state index in [0.717, 1.165) is 36.3 Å². The van der Waals surface area contributed by atoms with Crippen LogP contribution in [0.5, 0.6) is 0 Å². The molecule has 0 bridgehead atoms. The van der Waals surface area contributed by atoms with Gasteiger partial charge < -0.3 is 14.5 Å². The van der Waals surface area contributed by atoms with E-state index in [1.807, 2.05) is 13.8 Å². The Morgan fingerprint density at radius 3 is 2.78 bits per heavy atom. The van der Waals surface area contributed by atoms with Crippen molar-refractivity contribution in [2.24, 2.45) is 11.3 Å². The number of hydrogen-bond donors (Lipinski definition) is 1. The Balaban J connectivity index is 1.76. The lowest BCUT2D eigenvalue weighted by molar-refractivity contribution is -0.149. The quantitative estimate of drug-likeness (QED) is 0.897. The van der Waals surface area contributed by atoms with Crippen molar-refractivity contribution in [1.82, 2.24) is 10.1 Å². The van der Waals surface area contributed by atoms with Crippen molar-refractivity contribution in [3.63, 3.8) is 0 Å². The average Bonchev–Trinajstić information content (AvgIpc) is 3.18. The number of aryl methyl sites for hydroxylation is 2. The monoisotopic (exact) mass is 320 g/mol. The van der Waals surface area contributed by atoms with Crippen LogP contribution in [0, 0.1) is 11.3 Å². The standard InChI is InChI=1S/C17H24N2O4/c1-3-13-12(14(4-2)23-18-13)8-15(20)19-9-11-6-5-7-17(11,10-19)16(21)22/h11H,3-10H2,1-2H3,(H,21,22)/t11-,17+/m0/s1. The van der Waals surface area contributed by atoms with Crippen LogP contribution < -0.4 is 0 Å². The van der Waals surface area contributed by atoms with Gasteiger partial charge in [-0.15, -0.1) is 0 Å². The van der Waals surface area contributed by atoms with Crippen molar-refractivity contribution >= 4 is 11.9 Å². The van der Waals surface area contributed by atoms with Crippen LogP contribution in [0.4, 0.5) is 0 Å². The van der Waals surface area contributed by atoms with Crippen molar-refractivity contribution < 1.29 is 19.2 Å². The van der Waals surface area contributed by atoms with Gasteiger partial charge in [-0.05, 0) is 25.2 Å². The molecule has 1 aliphatic carbocycles. The first-order chi connectivity index (χ1) is 11.0. The molecule has 2 fully saturated rings. The Labute approximate surface area is 135 Å². The maximum atomic E-state index is 12.7. The second-order valence-electron chi connectivity index (χ2n) is 6.74. The number of nitrogens with zero attached hydrogens (tertiary/aromatic N) is 2. The molecule has 23 heavy (non-hydrogen) atoms. The minimum atomic E-state index is -0.747. The Morgan fingerprint density at radius 2 is 2.17 bits per heavy atom. The summed E-state index contributed by atoms with van der Waals surface area (Å²) in [6, 6.07) is 0. The summed E-state index contributed by atoms with van der Waals surface area (Å²) < 4.78 is 5.32. The zero-order valence-electron chi connectivity index (χ0n) is 13.8. The second kappa shape index (κ2) is 5.98. The summed E-state index contributed by atoms with van der Waals surface area (Å²) in [4.78, 5) is 26.2. The average molecular weight is 320 g/mol. The lowest BCUT2D eigenvalue weighted by Gasteiger charge is -2.23. The van der Waals surface area contributed by atoms with Gasteiger partial charge in [0, 0.05) is 25.1 Å². The molecule has 1 saturated carbocycles. The highest BCUT2D eigenvalue weighted by molar-refractivity contribution is 5.83. The Hall–Kier alpha value is -1.85. The normalized spacial score (nSPS) is 26.5. The highest BCUT2D eigenvalue weighted by Crippen LogP contribution is 2.49. The van der Waals surface area contributed by atoms with E-state index in [0.29, 0.717) is 25.9 Å². The second-order valence-corrected chi connectivity index (χ2v) is 6.74. The molecular weight excluding hydrogens is 296 g/mol. The molecule has 0 radical (unpaired) electrons. The van der Waals surface area contributed by atoms with Crippen LogP contribution in [0.1, 0.15) is 50.1 Å². The molecule has 2 aliphatic rings. The van der Waals surface area contributed by atoms with E-state index >= 15 is 0 Å². The third kappa shape index (κ3) is 2.54. The Bertz CT molecular complexity index is 603. The number of hydrogen-bond acceptors (Lipinski definition) is 4. The number of likely N-dealkylation sites (tertiary alicyclic amines) is 1. The number of aromatic nitrogens is 1. The molecule has 6 nitrogen and oxygen atoms in total. The van der Waals surface area contributed by atoms with Crippen molar-refractivity contribution in [2.75, 3.05) is 13.1 Å². The van der Waals surface area contributed by atoms with E-state index < -0.39 is 11.4 Å². The molecule has 1 amide bonds. The predicted molar refractivity (Wildman–Crippen MR) is 83.0 cm³/mol. The van der Waals surface area contributed by atoms with Gasteiger partial charge in [0.1, 0.15) is 5.76 Å². The molecule has 2 heterocycles. The number of carboxylic acids is 1. The molecule has 0 spiro atoms. The minimum Gasteiger partial charge on any atom is -0.481 e. The first kappa shape index (κ1) is 16.0. The highest BCUT2D eigenvalue weighted by Gasteiger charge is 2.55. The molecule has 1 aromatic heterocycles. The van der Waals surface area contributed by atoms with Gasteiger partial charge >= 0.3 is 5.97 Å². The maximum Gasteiger partial charge on any atom is 0.311 e. The lowest BCUT2D eigenvalue weighted by atomic mass is 9.81. The summed E-state index contributed by atoms with van der Waals surface area (Å²) in [7, 11) is 0. The fourth-order valence-electron chi connectivity index (χ4n) is 4.23. The third-order valence-corrected chi connectivity index (χ3v) is 5.58. The summed E-state index contributed by atoms with van der Waals surface area (Å²) >= 11 is 0. The van der Waals surface area contributed by atoms with E-state index in [9.17, 15) is 14.7 Å². The summed E-state index contributed by atoms with van der Waals surface area (Å²) in [6.45, 7) is 4.89. The number of rotatable bonds is 5. The van der Waals surface area contributed by atoms with Crippen molar-refractivity contribution in [1.29, 1.82) is 0 Å².